The molecule has 35 heavy (non-hydrogen) atoms. The summed E-state index contributed by atoms with van der Waals surface area (Å²) in [5.41, 5.74) is -0.267. The van der Waals surface area contributed by atoms with Crippen molar-refractivity contribution in [3.63, 3.8) is 0 Å². The summed E-state index contributed by atoms with van der Waals surface area (Å²) >= 11 is 0. The van der Waals surface area contributed by atoms with E-state index in [1.54, 1.807) is 31.5 Å². The lowest BCUT2D eigenvalue weighted by Crippen LogP contribution is -2.63. The summed E-state index contributed by atoms with van der Waals surface area (Å²) < 4.78 is 50.5. The van der Waals surface area contributed by atoms with Crippen molar-refractivity contribution in [2.75, 3.05) is 26.3 Å². The zero-order chi connectivity index (χ0) is 25.0. The maximum atomic E-state index is 15.1. The Morgan fingerprint density at radius 3 is 2.54 bits per heavy atom. The Morgan fingerprint density at radius 2 is 1.91 bits per heavy atom. The monoisotopic (exact) mass is 487 g/mol. The van der Waals surface area contributed by atoms with Crippen molar-refractivity contribution >= 4 is 17.1 Å². The molecule has 0 spiro atoms. The molecule has 186 valence electrons. The van der Waals surface area contributed by atoms with Gasteiger partial charge in [-0.2, -0.15) is 0 Å². The van der Waals surface area contributed by atoms with Crippen LogP contribution in [-0.4, -0.2) is 57.4 Å². The molecule has 3 aromatic rings. The molecule has 5 rings (SSSR count). The molecule has 3 heterocycles. The molecule has 0 radical (unpaired) electrons. The number of amides is 1. The smallest absolute Gasteiger partial charge is 0.411 e. The summed E-state index contributed by atoms with van der Waals surface area (Å²) in [6.45, 7) is 5.24. The van der Waals surface area contributed by atoms with Crippen LogP contribution in [-0.2, 0) is 10.3 Å². The fourth-order valence-corrected chi connectivity index (χ4v) is 4.79. The second-order valence-electron chi connectivity index (χ2n) is 10.3. The van der Waals surface area contributed by atoms with Crippen LogP contribution in [0.1, 0.15) is 50.8 Å². The number of ether oxygens (including phenoxy) is 1. The van der Waals surface area contributed by atoms with E-state index in [9.17, 15) is 13.6 Å². The summed E-state index contributed by atoms with van der Waals surface area (Å²) in [6, 6.07) is 3.25. The third-order valence-electron chi connectivity index (χ3n) is 6.48. The molecule has 1 aromatic carbocycles. The van der Waals surface area contributed by atoms with Crippen LogP contribution in [0.15, 0.2) is 30.7 Å². The largest absolute Gasteiger partial charge is 0.444 e. The third kappa shape index (κ3) is 4.24. The minimum absolute atomic E-state index is 0.138. The van der Waals surface area contributed by atoms with E-state index < -0.39 is 35.5 Å². The number of carbonyl (C=O) groups is 1. The van der Waals surface area contributed by atoms with Crippen molar-refractivity contribution in [3.8, 4) is 5.69 Å². The fourth-order valence-electron chi connectivity index (χ4n) is 4.79. The van der Waals surface area contributed by atoms with Gasteiger partial charge < -0.3 is 14.6 Å². The lowest BCUT2D eigenvalue weighted by Gasteiger charge is -2.45. The number of piperazine rings is 1. The fraction of sp³-hybridized carbons (Fsp3) is 0.480. The first kappa shape index (κ1) is 23.6. The van der Waals surface area contributed by atoms with Gasteiger partial charge in [-0.3, -0.25) is 4.90 Å². The number of nitrogens with one attached hydrogen (secondary N) is 1. The lowest BCUT2D eigenvalue weighted by molar-refractivity contribution is -0.0208. The van der Waals surface area contributed by atoms with E-state index in [0.29, 0.717) is 23.3 Å². The van der Waals surface area contributed by atoms with E-state index in [2.05, 4.69) is 15.3 Å². The van der Waals surface area contributed by atoms with E-state index in [-0.39, 0.29) is 24.7 Å². The zero-order valence-electron chi connectivity index (χ0n) is 19.9. The maximum Gasteiger partial charge on any atom is 0.411 e. The van der Waals surface area contributed by atoms with Gasteiger partial charge in [-0.1, -0.05) is 0 Å². The predicted molar refractivity (Wildman–Crippen MR) is 124 cm³/mol. The normalized spacial score (nSPS) is 20.9. The number of alkyl halides is 1. The Hall–Kier alpha value is -3.14. The molecule has 2 fully saturated rings. The van der Waals surface area contributed by atoms with Crippen molar-refractivity contribution in [1.82, 2.24) is 24.8 Å². The molecule has 1 saturated carbocycles. The van der Waals surface area contributed by atoms with Crippen molar-refractivity contribution in [1.29, 1.82) is 0 Å². The van der Waals surface area contributed by atoms with E-state index >= 15 is 4.39 Å². The van der Waals surface area contributed by atoms with Crippen molar-refractivity contribution in [3.05, 3.63) is 53.6 Å². The second kappa shape index (κ2) is 8.51. The average Bonchev–Trinajstić information content (AvgIpc) is 3.56. The first-order chi connectivity index (χ1) is 16.6. The van der Waals surface area contributed by atoms with Crippen LogP contribution in [0.25, 0.3) is 16.7 Å². The SMILES string of the molecule is CC(C)(C)OC(=O)N1CCNCC1(CF)c1ncnc2c1c(C1CC1)cn2-c1cc(F)cc(F)c1. The number of nitrogens with zero attached hydrogens (tertiary/aromatic N) is 4. The molecule has 1 saturated heterocycles. The molecular formula is C25H28F3N5O2. The molecule has 1 N–H and O–H groups in total. The van der Waals surface area contributed by atoms with Crippen LogP contribution in [0, 0.1) is 11.6 Å². The van der Waals surface area contributed by atoms with Crippen molar-refractivity contribution in [2.24, 2.45) is 0 Å². The summed E-state index contributed by atoms with van der Waals surface area (Å²) in [4.78, 5) is 23.6. The van der Waals surface area contributed by atoms with E-state index in [0.717, 1.165) is 24.5 Å². The van der Waals surface area contributed by atoms with E-state index in [4.69, 9.17) is 4.74 Å². The molecule has 10 heteroatoms. The number of benzene rings is 1. The Balaban J connectivity index is 1.72. The Kier molecular flexibility index (Phi) is 5.74. The van der Waals surface area contributed by atoms with E-state index in [1.165, 1.54) is 23.4 Å². The van der Waals surface area contributed by atoms with Crippen LogP contribution >= 0.6 is 0 Å². The topological polar surface area (TPSA) is 72.3 Å². The van der Waals surface area contributed by atoms with Crippen molar-refractivity contribution in [2.45, 2.75) is 50.7 Å². The summed E-state index contributed by atoms with van der Waals surface area (Å²) in [5, 5.41) is 3.81. The van der Waals surface area contributed by atoms with E-state index in [1.807, 2.05) is 0 Å². The molecule has 2 aliphatic rings. The maximum absolute atomic E-state index is 15.1. The summed E-state index contributed by atoms with van der Waals surface area (Å²) in [7, 11) is 0. The molecular weight excluding hydrogens is 459 g/mol. The number of fused-ring (bicyclic) bond motifs is 1. The molecule has 1 amide bonds. The van der Waals surface area contributed by atoms with Crippen LogP contribution in [0.5, 0.6) is 0 Å². The number of hydrogen-bond donors (Lipinski definition) is 1. The molecule has 0 bridgehead atoms. The molecule has 1 aliphatic heterocycles. The summed E-state index contributed by atoms with van der Waals surface area (Å²) in [5.74, 6) is -1.22. The quantitative estimate of drug-likeness (QED) is 0.583. The second-order valence-corrected chi connectivity index (χ2v) is 10.3. The van der Waals surface area contributed by atoms with Gasteiger partial charge in [0.2, 0.25) is 0 Å². The van der Waals surface area contributed by atoms with Gasteiger partial charge in [0.25, 0.3) is 0 Å². The van der Waals surface area contributed by atoms with Gasteiger partial charge in [-0.25, -0.2) is 27.9 Å². The Labute approximate surface area is 201 Å². The molecule has 1 atom stereocenters. The number of hydrogen-bond acceptors (Lipinski definition) is 5. The van der Waals surface area contributed by atoms with Crippen LogP contribution < -0.4 is 5.32 Å². The lowest BCUT2D eigenvalue weighted by atomic mass is 9.88. The van der Waals surface area contributed by atoms with Gasteiger partial charge in [0.15, 0.2) is 0 Å². The van der Waals surface area contributed by atoms with Gasteiger partial charge in [-0.05, 0) is 57.2 Å². The van der Waals surface area contributed by atoms with Gasteiger partial charge >= 0.3 is 6.09 Å². The Bertz CT molecular complexity index is 1260. The van der Waals surface area contributed by atoms with Crippen molar-refractivity contribution < 1.29 is 22.7 Å². The van der Waals surface area contributed by atoms with Gasteiger partial charge in [-0.15, -0.1) is 0 Å². The minimum atomic E-state index is -1.43. The van der Waals surface area contributed by atoms with Gasteiger partial charge in [0, 0.05) is 37.3 Å². The third-order valence-corrected chi connectivity index (χ3v) is 6.48. The van der Waals surface area contributed by atoms with Gasteiger partial charge in [0.05, 0.1) is 11.4 Å². The predicted octanol–water partition coefficient (Wildman–Crippen LogP) is 4.58. The summed E-state index contributed by atoms with van der Waals surface area (Å²) in [6.07, 6.45) is 4.35. The standard InChI is InChI=1S/C25H28F3N5O2/c1-24(2,3)35-23(34)33-7-6-29-13-25(33,12-26)21-20-19(15-4-5-15)11-32(22(20)31-14-30-21)18-9-16(27)8-17(28)10-18/h8-11,14-15,29H,4-7,12-13H2,1-3H3. The van der Waals surface area contributed by atoms with Crippen LogP contribution in [0.3, 0.4) is 0 Å². The zero-order valence-corrected chi connectivity index (χ0v) is 19.9. The number of halogens is 3. The first-order valence-electron chi connectivity index (χ1n) is 11.7. The number of rotatable bonds is 4. The highest BCUT2D eigenvalue weighted by molar-refractivity contribution is 5.87. The van der Waals surface area contributed by atoms with Crippen LogP contribution in [0.4, 0.5) is 18.0 Å². The molecule has 1 aliphatic carbocycles. The minimum Gasteiger partial charge on any atom is -0.444 e. The molecule has 1 unspecified atom stereocenters. The average molecular weight is 488 g/mol. The first-order valence-corrected chi connectivity index (χ1v) is 11.7. The highest BCUT2D eigenvalue weighted by atomic mass is 19.1. The highest BCUT2D eigenvalue weighted by Gasteiger charge is 2.48. The highest BCUT2D eigenvalue weighted by Crippen LogP contribution is 2.47. The Morgan fingerprint density at radius 1 is 1.20 bits per heavy atom. The van der Waals surface area contributed by atoms with Gasteiger partial charge in [0.1, 0.15) is 41.4 Å². The molecule has 2 aromatic heterocycles. The number of carbonyl (C=O) groups excluding carboxylic acids is 1. The number of aromatic nitrogens is 3. The molecule has 7 nitrogen and oxygen atoms in total. The van der Waals surface area contributed by atoms with Crippen LogP contribution in [0.2, 0.25) is 0 Å².